The van der Waals surface area contributed by atoms with Crippen LogP contribution < -0.4 is 9.80 Å². The van der Waals surface area contributed by atoms with E-state index < -0.39 is 35.6 Å². The Morgan fingerprint density at radius 3 is 2.29 bits per heavy atom. The Labute approximate surface area is 248 Å². The van der Waals surface area contributed by atoms with Gasteiger partial charge in [-0.15, -0.1) is 13.2 Å². The first-order chi connectivity index (χ1) is 20.2. The second-order valence-electron chi connectivity index (χ2n) is 11.6. The van der Waals surface area contributed by atoms with Crippen molar-refractivity contribution in [1.29, 1.82) is 0 Å². The molecule has 8 heteroatoms. The first kappa shape index (κ1) is 29.7. The maximum atomic E-state index is 14.8. The Bertz CT molecular complexity index is 1350. The van der Waals surface area contributed by atoms with E-state index >= 15 is 0 Å². The van der Waals surface area contributed by atoms with E-state index in [0.717, 1.165) is 16.8 Å². The molecule has 3 aliphatic heterocycles. The number of aliphatic hydroxyl groups is 1. The topological polar surface area (TPSA) is 90.4 Å². The van der Waals surface area contributed by atoms with Crippen LogP contribution in [-0.4, -0.2) is 71.2 Å². The minimum Gasteiger partial charge on any atom is -0.394 e. The van der Waals surface area contributed by atoms with Crippen LogP contribution in [0.1, 0.15) is 37.3 Å². The van der Waals surface area contributed by atoms with Crippen LogP contribution in [0.2, 0.25) is 0 Å². The summed E-state index contributed by atoms with van der Waals surface area (Å²) in [4.78, 5) is 48.5. The third-order valence-electron chi connectivity index (χ3n) is 9.27. The number of anilines is 2. The standard InChI is InChI=1S/C34H41N3O5/c1-6-19-35(25-15-10-9-11-16-25)31(39)27-26-17-18-34(42-26)28(27)32(40)37(24(8-3)21-38)30(34)33(41)36(20-7-2)29-22(4)13-12-14-23(29)5/h6-7,9-16,24,26-28,30,38H,1-2,8,17-21H2,3-5H3/t24-,26-,27+,28-,30?,34?/m0/s1. The van der Waals surface area contributed by atoms with Crippen molar-refractivity contribution >= 4 is 29.1 Å². The van der Waals surface area contributed by atoms with Crippen molar-refractivity contribution < 1.29 is 24.2 Å². The van der Waals surface area contributed by atoms with Gasteiger partial charge in [-0.05, 0) is 56.4 Å². The highest BCUT2D eigenvalue weighted by atomic mass is 16.5. The van der Waals surface area contributed by atoms with Crippen molar-refractivity contribution in [3.8, 4) is 0 Å². The van der Waals surface area contributed by atoms with Gasteiger partial charge in [-0.3, -0.25) is 14.4 Å². The summed E-state index contributed by atoms with van der Waals surface area (Å²) in [6, 6.07) is 13.6. The molecular formula is C34H41N3O5. The molecule has 1 N–H and O–H groups in total. The number of rotatable bonds is 11. The molecule has 3 fully saturated rings. The number of hydrogen-bond acceptors (Lipinski definition) is 5. The molecule has 2 bridgehead atoms. The van der Waals surface area contributed by atoms with Crippen LogP contribution in [0.4, 0.5) is 11.4 Å². The van der Waals surface area contributed by atoms with Crippen molar-refractivity contribution in [2.45, 2.75) is 63.8 Å². The van der Waals surface area contributed by atoms with Crippen molar-refractivity contribution in [1.82, 2.24) is 4.90 Å². The van der Waals surface area contributed by atoms with Gasteiger partial charge in [-0.2, -0.15) is 0 Å². The van der Waals surface area contributed by atoms with Gasteiger partial charge >= 0.3 is 0 Å². The summed E-state index contributed by atoms with van der Waals surface area (Å²) in [6.07, 6.45) is 4.36. The van der Waals surface area contributed by atoms with E-state index in [1.165, 1.54) is 0 Å². The average Bonchev–Trinajstić information content (AvgIpc) is 3.63. The Morgan fingerprint density at radius 2 is 1.69 bits per heavy atom. The molecule has 3 heterocycles. The zero-order valence-corrected chi connectivity index (χ0v) is 24.7. The van der Waals surface area contributed by atoms with Gasteiger partial charge < -0.3 is 24.5 Å². The summed E-state index contributed by atoms with van der Waals surface area (Å²) >= 11 is 0. The molecule has 5 rings (SSSR count). The van der Waals surface area contributed by atoms with E-state index in [9.17, 15) is 19.5 Å². The number of likely N-dealkylation sites (tertiary alicyclic amines) is 1. The lowest BCUT2D eigenvalue weighted by molar-refractivity contribution is -0.144. The van der Waals surface area contributed by atoms with Gasteiger partial charge in [0.2, 0.25) is 11.8 Å². The van der Waals surface area contributed by atoms with Crippen LogP contribution in [0.3, 0.4) is 0 Å². The summed E-state index contributed by atoms with van der Waals surface area (Å²) in [6.45, 7) is 13.8. The molecular weight excluding hydrogens is 530 g/mol. The van der Waals surface area contributed by atoms with E-state index in [1.807, 2.05) is 69.3 Å². The molecule has 3 amide bonds. The fourth-order valence-corrected chi connectivity index (χ4v) is 7.50. The molecule has 3 aliphatic rings. The highest BCUT2D eigenvalue weighted by Gasteiger charge is 2.75. The third-order valence-corrected chi connectivity index (χ3v) is 9.27. The number of benzene rings is 2. The predicted molar refractivity (Wildman–Crippen MR) is 163 cm³/mol. The summed E-state index contributed by atoms with van der Waals surface area (Å²) in [7, 11) is 0. The highest BCUT2D eigenvalue weighted by Crippen LogP contribution is 2.59. The molecule has 6 atom stereocenters. The number of nitrogens with zero attached hydrogens (tertiary/aromatic N) is 3. The highest BCUT2D eigenvalue weighted by molar-refractivity contribution is 6.07. The van der Waals surface area contributed by atoms with E-state index in [4.69, 9.17) is 4.74 Å². The number of hydrogen-bond donors (Lipinski definition) is 1. The largest absolute Gasteiger partial charge is 0.394 e. The normalized spacial score (nSPS) is 26.6. The number of aliphatic hydroxyl groups excluding tert-OH is 1. The van der Waals surface area contributed by atoms with Crippen molar-refractivity contribution in [3.05, 3.63) is 85.0 Å². The van der Waals surface area contributed by atoms with Crippen molar-refractivity contribution in [3.63, 3.8) is 0 Å². The molecule has 8 nitrogen and oxygen atoms in total. The van der Waals surface area contributed by atoms with E-state index in [-0.39, 0.29) is 37.4 Å². The monoisotopic (exact) mass is 571 g/mol. The molecule has 0 aromatic heterocycles. The number of fused-ring (bicyclic) bond motifs is 1. The third kappa shape index (κ3) is 4.57. The second-order valence-corrected chi connectivity index (χ2v) is 11.6. The Balaban J connectivity index is 1.61. The van der Waals surface area contributed by atoms with Gasteiger partial charge in [0, 0.05) is 24.5 Å². The zero-order valence-electron chi connectivity index (χ0n) is 24.7. The molecule has 42 heavy (non-hydrogen) atoms. The first-order valence-corrected chi connectivity index (χ1v) is 14.8. The average molecular weight is 572 g/mol. The molecule has 222 valence electrons. The lowest BCUT2D eigenvalue weighted by Gasteiger charge is -2.39. The zero-order chi connectivity index (χ0) is 30.2. The number of carbonyl (C=O) groups excluding carboxylic acids is 3. The van der Waals surface area contributed by atoms with Crippen LogP contribution in [0.15, 0.2) is 73.8 Å². The molecule has 3 saturated heterocycles. The van der Waals surface area contributed by atoms with Gasteiger partial charge in [0.1, 0.15) is 11.6 Å². The van der Waals surface area contributed by atoms with E-state index in [2.05, 4.69) is 13.2 Å². The second kappa shape index (κ2) is 11.9. The van der Waals surface area contributed by atoms with Gasteiger partial charge in [-0.25, -0.2) is 0 Å². The quantitative estimate of drug-likeness (QED) is 0.409. The molecule has 0 saturated carbocycles. The Hall–Kier alpha value is -3.75. The predicted octanol–water partition coefficient (Wildman–Crippen LogP) is 4.19. The number of ether oxygens (including phenoxy) is 1. The maximum Gasteiger partial charge on any atom is 0.253 e. The minimum absolute atomic E-state index is 0.214. The van der Waals surface area contributed by atoms with Crippen LogP contribution in [0, 0.1) is 25.7 Å². The van der Waals surface area contributed by atoms with Gasteiger partial charge in [0.05, 0.1) is 30.6 Å². The maximum absolute atomic E-state index is 14.8. The van der Waals surface area contributed by atoms with Gasteiger partial charge in [0.15, 0.2) is 0 Å². The molecule has 2 aromatic rings. The summed E-state index contributed by atoms with van der Waals surface area (Å²) < 4.78 is 6.69. The van der Waals surface area contributed by atoms with Crippen LogP contribution in [-0.2, 0) is 19.1 Å². The molecule has 0 aliphatic carbocycles. The molecule has 0 radical (unpaired) electrons. The fourth-order valence-electron chi connectivity index (χ4n) is 7.50. The van der Waals surface area contributed by atoms with Gasteiger partial charge in [-0.1, -0.05) is 55.5 Å². The summed E-state index contributed by atoms with van der Waals surface area (Å²) in [5, 5.41) is 10.4. The summed E-state index contributed by atoms with van der Waals surface area (Å²) in [5.41, 5.74) is 2.17. The smallest absolute Gasteiger partial charge is 0.253 e. The number of aryl methyl sites for hydroxylation is 2. The number of para-hydroxylation sites is 2. The van der Waals surface area contributed by atoms with Gasteiger partial charge in [0.25, 0.3) is 5.91 Å². The number of carbonyl (C=O) groups is 3. The molecule has 2 aromatic carbocycles. The van der Waals surface area contributed by atoms with E-state index in [1.54, 1.807) is 26.9 Å². The Kier molecular flexibility index (Phi) is 8.39. The minimum atomic E-state index is -1.17. The van der Waals surface area contributed by atoms with Crippen LogP contribution in [0.25, 0.3) is 0 Å². The molecule has 2 unspecified atom stereocenters. The first-order valence-electron chi connectivity index (χ1n) is 14.8. The van der Waals surface area contributed by atoms with Crippen LogP contribution in [0.5, 0.6) is 0 Å². The van der Waals surface area contributed by atoms with Crippen molar-refractivity contribution in [2.24, 2.45) is 11.8 Å². The Morgan fingerprint density at radius 1 is 1.05 bits per heavy atom. The summed E-state index contributed by atoms with van der Waals surface area (Å²) in [5.74, 6) is -2.39. The lowest BCUT2D eigenvalue weighted by atomic mass is 9.70. The number of amides is 3. The van der Waals surface area contributed by atoms with Crippen molar-refractivity contribution in [2.75, 3.05) is 29.5 Å². The van der Waals surface area contributed by atoms with E-state index in [0.29, 0.717) is 24.9 Å². The molecule has 1 spiro atoms. The van der Waals surface area contributed by atoms with Crippen LogP contribution >= 0.6 is 0 Å². The SMILES string of the molecule is C=CCN(C(=O)[C@@H]1[C@@H]2CCC3(O2)C(C(=O)N(CC=C)c2c(C)cccc2C)N([C@@H](CC)CO)C(=O)[C@H]13)c1ccccc1. The lowest BCUT2D eigenvalue weighted by Crippen LogP contribution is -2.59. The fraction of sp³-hybridized carbons (Fsp3) is 0.441.